The fourth-order valence-corrected chi connectivity index (χ4v) is 3.34. The molecule has 2 rings (SSSR count). The summed E-state index contributed by atoms with van der Waals surface area (Å²) in [7, 11) is 5.12. The molecule has 0 atom stereocenters. The fourth-order valence-electron chi connectivity index (χ4n) is 3.34. The minimum Gasteiger partial charge on any atom is -0.497 e. The molecular weight excluding hydrogens is 446 g/mol. The van der Waals surface area contributed by atoms with Crippen molar-refractivity contribution in [1.82, 2.24) is 4.90 Å². The summed E-state index contributed by atoms with van der Waals surface area (Å²) in [5, 5.41) is 9.09. The van der Waals surface area contributed by atoms with Crippen molar-refractivity contribution in [1.29, 1.82) is 0 Å². The average molecular weight is 484 g/mol. The van der Waals surface area contributed by atoms with Gasteiger partial charge in [0, 0.05) is 26.9 Å². The number of carboxylic acid groups (broad SMARTS) is 1. The molecule has 0 radical (unpaired) electrons. The number of aliphatic carboxylic acids is 1. The fraction of sp³-hybridized carbons (Fsp3) is 0.429. The van der Waals surface area contributed by atoms with Crippen molar-refractivity contribution in [2.75, 3.05) is 34.4 Å². The van der Waals surface area contributed by atoms with E-state index < -0.39 is 5.97 Å². The summed E-state index contributed by atoms with van der Waals surface area (Å²) in [4.78, 5) is 24.3. The molecule has 190 valence electrons. The van der Waals surface area contributed by atoms with Gasteiger partial charge in [-0.3, -0.25) is 9.59 Å². The number of unbranched alkanes of at least 4 members (excludes halogenated alkanes) is 2. The van der Waals surface area contributed by atoms with Gasteiger partial charge in [0.25, 0.3) is 0 Å². The first kappa shape index (κ1) is 27.8. The van der Waals surface area contributed by atoms with Gasteiger partial charge in [0.05, 0.1) is 20.3 Å². The minimum absolute atomic E-state index is 0.0211. The van der Waals surface area contributed by atoms with E-state index in [4.69, 9.17) is 19.3 Å². The van der Waals surface area contributed by atoms with Crippen molar-refractivity contribution in [2.24, 2.45) is 0 Å². The van der Waals surface area contributed by atoms with Crippen LogP contribution in [0.3, 0.4) is 0 Å². The summed E-state index contributed by atoms with van der Waals surface area (Å²) < 4.78 is 16.9. The van der Waals surface area contributed by atoms with Crippen LogP contribution in [0, 0.1) is 0 Å². The van der Waals surface area contributed by atoms with E-state index in [0.29, 0.717) is 44.0 Å². The van der Waals surface area contributed by atoms with Crippen LogP contribution in [-0.4, -0.2) is 56.3 Å². The second-order valence-electron chi connectivity index (χ2n) is 8.42. The van der Waals surface area contributed by atoms with Crippen LogP contribution >= 0.6 is 0 Å². The van der Waals surface area contributed by atoms with E-state index in [9.17, 15) is 9.59 Å². The van der Waals surface area contributed by atoms with Crippen LogP contribution in [0.5, 0.6) is 17.2 Å². The molecule has 1 amide bonds. The van der Waals surface area contributed by atoms with Crippen molar-refractivity contribution in [3.63, 3.8) is 0 Å². The zero-order chi connectivity index (χ0) is 25.5. The van der Waals surface area contributed by atoms with Gasteiger partial charge in [0.1, 0.15) is 17.2 Å². The van der Waals surface area contributed by atoms with Crippen LogP contribution in [0.15, 0.2) is 48.5 Å². The van der Waals surface area contributed by atoms with E-state index in [1.807, 2.05) is 42.5 Å². The number of carbonyl (C=O) groups is 2. The van der Waals surface area contributed by atoms with Gasteiger partial charge in [-0.05, 0) is 73.6 Å². The smallest absolute Gasteiger partial charge is 0.303 e. The molecule has 0 fully saturated rings. The molecule has 2 aromatic rings. The number of nitrogens with zero attached hydrogens (tertiary/aromatic N) is 1. The van der Waals surface area contributed by atoms with Crippen LogP contribution in [0.25, 0.3) is 6.08 Å². The highest BCUT2D eigenvalue weighted by molar-refractivity contribution is 5.75. The lowest BCUT2D eigenvalue weighted by Crippen LogP contribution is -2.21. The third kappa shape index (κ3) is 11.0. The summed E-state index contributed by atoms with van der Waals surface area (Å²) in [6.07, 6.45) is 8.51. The number of carboxylic acids is 1. The molecule has 2 aromatic carbocycles. The highest BCUT2D eigenvalue weighted by Gasteiger charge is 2.10. The summed E-state index contributed by atoms with van der Waals surface area (Å²) >= 11 is 0. The summed E-state index contributed by atoms with van der Waals surface area (Å²) in [5.74, 6) is 1.40. The Morgan fingerprint density at radius 1 is 0.914 bits per heavy atom. The first-order valence-corrected chi connectivity index (χ1v) is 12.0. The van der Waals surface area contributed by atoms with Gasteiger partial charge in [0.15, 0.2) is 0 Å². The second kappa shape index (κ2) is 15.4. The van der Waals surface area contributed by atoms with Gasteiger partial charge in [-0.2, -0.15) is 0 Å². The third-order valence-electron chi connectivity index (χ3n) is 5.39. The molecule has 0 heterocycles. The number of ether oxygens (including phenoxy) is 3. The highest BCUT2D eigenvalue weighted by atomic mass is 16.5. The van der Waals surface area contributed by atoms with E-state index >= 15 is 0 Å². The minimum atomic E-state index is -0.854. The normalized spacial score (nSPS) is 10.8. The Labute approximate surface area is 208 Å². The first-order valence-electron chi connectivity index (χ1n) is 12.0. The number of amides is 1. The van der Waals surface area contributed by atoms with Gasteiger partial charge < -0.3 is 24.2 Å². The zero-order valence-electron chi connectivity index (χ0n) is 21.0. The Morgan fingerprint density at radius 2 is 1.63 bits per heavy atom. The molecule has 0 aliphatic rings. The summed E-state index contributed by atoms with van der Waals surface area (Å²) in [6, 6.07) is 13.4. The monoisotopic (exact) mass is 483 g/mol. The third-order valence-corrected chi connectivity index (χ3v) is 5.39. The largest absolute Gasteiger partial charge is 0.497 e. The van der Waals surface area contributed by atoms with E-state index in [2.05, 4.69) is 12.2 Å². The highest BCUT2D eigenvalue weighted by Crippen LogP contribution is 2.26. The van der Waals surface area contributed by atoms with Gasteiger partial charge >= 0.3 is 5.97 Å². The maximum Gasteiger partial charge on any atom is 0.303 e. The maximum absolute atomic E-state index is 11.7. The van der Waals surface area contributed by atoms with Crippen LogP contribution in [0.1, 0.15) is 49.7 Å². The Morgan fingerprint density at radius 3 is 2.31 bits per heavy atom. The van der Waals surface area contributed by atoms with Crippen LogP contribution < -0.4 is 14.2 Å². The second-order valence-corrected chi connectivity index (χ2v) is 8.42. The number of aryl methyl sites for hydroxylation is 1. The number of hydrogen-bond donors (Lipinski definition) is 1. The van der Waals surface area contributed by atoms with Crippen molar-refractivity contribution >= 4 is 18.0 Å². The molecular formula is C28H37NO6. The molecule has 7 heteroatoms. The van der Waals surface area contributed by atoms with Crippen molar-refractivity contribution in [2.45, 2.75) is 44.9 Å². The van der Waals surface area contributed by atoms with Crippen molar-refractivity contribution < 1.29 is 28.9 Å². The zero-order valence-corrected chi connectivity index (χ0v) is 21.0. The molecule has 0 unspecified atom stereocenters. The lowest BCUT2D eigenvalue weighted by Gasteiger charge is -2.14. The standard InChI is InChI=1S/C28H37NO6/c1-29(2)27(30)10-8-20-34-25-16-17-26(23(21-25)13-18-28(31)32)35-19-7-5-4-6-9-22-11-14-24(33-3)15-12-22/h6,9,11-12,14-17,21H,4-5,7-8,10,13,18-20H2,1-3H3,(H,31,32). The molecule has 0 saturated heterocycles. The maximum atomic E-state index is 11.7. The number of allylic oxidation sites excluding steroid dienone is 1. The van der Waals surface area contributed by atoms with Crippen LogP contribution in [0.2, 0.25) is 0 Å². The van der Waals surface area contributed by atoms with Crippen LogP contribution in [0.4, 0.5) is 0 Å². The van der Waals surface area contributed by atoms with Crippen molar-refractivity contribution in [3.8, 4) is 17.2 Å². The van der Waals surface area contributed by atoms with Gasteiger partial charge in [-0.15, -0.1) is 0 Å². The molecule has 0 spiro atoms. The number of carbonyl (C=O) groups excluding carboxylic acids is 1. The van der Waals surface area contributed by atoms with Gasteiger partial charge in [-0.25, -0.2) is 0 Å². The Kier molecular flexibility index (Phi) is 12.2. The first-order chi connectivity index (χ1) is 16.9. The Balaban J connectivity index is 1.79. The van der Waals surface area contributed by atoms with Crippen molar-refractivity contribution in [3.05, 3.63) is 59.7 Å². The molecule has 7 nitrogen and oxygen atoms in total. The van der Waals surface area contributed by atoms with E-state index in [1.54, 1.807) is 26.1 Å². The SMILES string of the molecule is COc1ccc(C=CCCCCOc2ccc(OCCCC(=O)N(C)C)cc2CCC(=O)O)cc1. The van der Waals surface area contributed by atoms with Gasteiger partial charge in [0.2, 0.25) is 5.91 Å². The lowest BCUT2D eigenvalue weighted by molar-refractivity contribution is -0.137. The Hall–Kier alpha value is -3.48. The van der Waals surface area contributed by atoms with E-state index in [1.165, 1.54) is 0 Å². The van der Waals surface area contributed by atoms with E-state index in [0.717, 1.165) is 36.1 Å². The number of methoxy groups -OCH3 is 1. The molecule has 0 aliphatic heterocycles. The predicted octanol–water partition coefficient (Wildman–Crippen LogP) is 5.22. The lowest BCUT2D eigenvalue weighted by atomic mass is 10.1. The molecule has 0 aromatic heterocycles. The number of benzene rings is 2. The molecule has 1 N–H and O–H groups in total. The topological polar surface area (TPSA) is 85.3 Å². The quantitative estimate of drug-likeness (QED) is 0.330. The van der Waals surface area contributed by atoms with E-state index in [-0.39, 0.29) is 12.3 Å². The Bertz CT molecular complexity index is 952. The molecule has 35 heavy (non-hydrogen) atoms. The molecule has 0 aliphatic carbocycles. The number of rotatable bonds is 16. The molecule has 0 saturated carbocycles. The number of hydrogen-bond acceptors (Lipinski definition) is 5. The predicted molar refractivity (Wildman–Crippen MR) is 137 cm³/mol. The average Bonchev–Trinajstić information content (AvgIpc) is 2.85. The van der Waals surface area contributed by atoms with Crippen LogP contribution in [-0.2, 0) is 16.0 Å². The van der Waals surface area contributed by atoms with Gasteiger partial charge in [-0.1, -0.05) is 24.3 Å². The molecule has 0 bridgehead atoms. The summed E-state index contributed by atoms with van der Waals surface area (Å²) in [5.41, 5.74) is 1.95. The summed E-state index contributed by atoms with van der Waals surface area (Å²) in [6.45, 7) is 0.978.